The number of nitrogens with two attached hydrogens (primary N) is 1. The predicted molar refractivity (Wildman–Crippen MR) is 393 cm³/mol. The standard InChI is InChI=1S/C79H144N4O17/c1-8-12-16-20-24-28-30-32-34-38-42-46-50-54-69(87)97-64(52-48-44-40-36-26-22-18-14-10-3)58-71(89)95-60-67-74(91)75(96-62(6)78(94)81-61(5)77(93)83-66(76(80)92)56-57-68(85)86)73(82-63(7)84)79(99-67)100-72(90)59-65(53-49-45-41-37-27-23-19-15-11-4)98-70(88)55-51-47-43-39-35-33-31-29-25-21-17-13-9-2/h61-62,64-67,73-75,79,91H,8-60H2,1-7H3,(H2,80,92)(H,81,94)(H,82,84)(H,83,93)(H,85,86)/t61-,62?,64+,65+,66+,67+,73+,74+,75-,79?/m0/s1. The molecule has 0 aromatic heterocycles. The van der Waals surface area contributed by atoms with E-state index in [0.717, 1.165) is 89.9 Å². The van der Waals surface area contributed by atoms with E-state index in [0.29, 0.717) is 38.5 Å². The van der Waals surface area contributed by atoms with E-state index in [1.807, 2.05) is 0 Å². The molecule has 1 heterocycles. The van der Waals surface area contributed by atoms with Gasteiger partial charge in [-0.2, -0.15) is 0 Å². The van der Waals surface area contributed by atoms with Crippen LogP contribution in [0.3, 0.4) is 0 Å². The Morgan fingerprint density at radius 1 is 0.450 bits per heavy atom. The van der Waals surface area contributed by atoms with Gasteiger partial charge in [0.05, 0.1) is 12.8 Å². The van der Waals surface area contributed by atoms with Gasteiger partial charge in [0.25, 0.3) is 0 Å². The summed E-state index contributed by atoms with van der Waals surface area (Å²) in [6.07, 6.45) is 39.2. The number of carbonyl (C=O) groups is 9. The van der Waals surface area contributed by atoms with E-state index >= 15 is 0 Å². The Morgan fingerprint density at radius 3 is 1.17 bits per heavy atom. The first kappa shape index (κ1) is 93.1. The third-order valence-corrected chi connectivity index (χ3v) is 19.1. The molecule has 582 valence electrons. The first-order valence-electron chi connectivity index (χ1n) is 40.4. The lowest BCUT2D eigenvalue weighted by Crippen LogP contribution is -2.66. The monoisotopic (exact) mass is 1420 g/mol. The van der Waals surface area contributed by atoms with E-state index in [1.165, 1.54) is 188 Å². The third-order valence-electron chi connectivity index (χ3n) is 19.1. The maximum absolute atomic E-state index is 14.3. The van der Waals surface area contributed by atoms with Crippen LogP contribution in [0.1, 0.15) is 382 Å². The fraction of sp³-hybridized carbons (Fsp3) is 0.886. The zero-order chi connectivity index (χ0) is 73.8. The van der Waals surface area contributed by atoms with Gasteiger partial charge in [-0.05, 0) is 58.8 Å². The second-order valence-electron chi connectivity index (χ2n) is 28.7. The number of unbranched alkanes of at least 4 members (excludes halogenated alkanes) is 40. The zero-order valence-electron chi connectivity index (χ0n) is 63.8. The topological polar surface area (TPSA) is 312 Å². The summed E-state index contributed by atoms with van der Waals surface area (Å²) in [6.45, 7) is 12.0. The number of ether oxygens (including phenoxy) is 6. The highest BCUT2D eigenvalue weighted by atomic mass is 16.7. The predicted octanol–water partition coefficient (Wildman–Crippen LogP) is 16.2. The van der Waals surface area contributed by atoms with Gasteiger partial charge >= 0.3 is 29.8 Å². The summed E-state index contributed by atoms with van der Waals surface area (Å²) < 4.78 is 36.4. The van der Waals surface area contributed by atoms with Crippen LogP contribution in [0.2, 0.25) is 0 Å². The van der Waals surface area contributed by atoms with Crippen LogP contribution in [0.25, 0.3) is 0 Å². The molecule has 10 atom stereocenters. The van der Waals surface area contributed by atoms with Gasteiger partial charge in [0.2, 0.25) is 29.9 Å². The molecule has 0 bridgehead atoms. The Bertz CT molecular complexity index is 2150. The Kier molecular flexibility index (Phi) is 58.3. The first-order chi connectivity index (χ1) is 48.3. The highest BCUT2D eigenvalue weighted by Gasteiger charge is 2.50. The molecule has 1 fully saturated rings. The quantitative estimate of drug-likeness (QED) is 0.0187. The summed E-state index contributed by atoms with van der Waals surface area (Å²) in [5.41, 5.74) is 5.43. The number of aliphatic hydroxyl groups excluding tert-OH is 1. The summed E-state index contributed by atoms with van der Waals surface area (Å²) in [7, 11) is 0. The molecule has 0 aromatic carbocycles. The number of hydrogen-bond acceptors (Lipinski definition) is 16. The number of carboxylic acids is 1. The van der Waals surface area contributed by atoms with Gasteiger partial charge in [0, 0.05) is 26.2 Å². The van der Waals surface area contributed by atoms with Crippen molar-refractivity contribution in [1.29, 1.82) is 0 Å². The lowest BCUT2D eigenvalue weighted by atomic mass is 9.96. The Labute approximate surface area is 604 Å². The number of amides is 4. The van der Waals surface area contributed by atoms with Crippen LogP contribution in [-0.4, -0.2) is 131 Å². The van der Waals surface area contributed by atoms with E-state index in [1.54, 1.807) is 0 Å². The van der Waals surface area contributed by atoms with Crippen LogP contribution in [0.15, 0.2) is 0 Å². The molecule has 1 rings (SSSR count). The van der Waals surface area contributed by atoms with Crippen LogP contribution >= 0.6 is 0 Å². The molecule has 0 aliphatic carbocycles. The minimum absolute atomic E-state index is 0.187. The summed E-state index contributed by atoms with van der Waals surface area (Å²) in [5.74, 6) is -7.09. The van der Waals surface area contributed by atoms with Crippen molar-refractivity contribution in [1.82, 2.24) is 16.0 Å². The van der Waals surface area contributed by atoms with Crippen molar-refractivity contribution in [3.05, 3.63) is 0 Å². The molecule has 21 nitrogen and oxygen atoms in total. The Balaban J connectivity index is 3.45. The van der Waals surface area contributed by atoms with Crippen molar-refractivity contribution >= 4 is 53.5 Å². The van der Waals surface area contributed by atoms with E-state index in [2.05, 4.69) is 43.6 Å². The molecule has 0 spiro atoms. The van der Waals surface area contributed by atoms with Gasteiger partial charge in [0.1, 0.15) is 61.4 Å². The van der Waals surface area contributed by atoms with E-state index in [4.69, 9.17) is 39.3 Å². The van der Waals surface area contributed by atoms with Crippen molar-refractivity contribution in [3.63, 3.8) is 0 Å². The van der Waals surface area contributed by atoms with Crippen molar-refractivity contribution in [2.75, 3.05) is 6.61 Å². The zero-order valence-corrected chi connectivity index (χ0v) is 63.8. The average Bonchev–Trinajstić information content (AvgIpc) is 0.790. The van der Waals surface area contributed by atoms with Crippen LogP contribution in [-0.2, 0) is 71.6 Å². The molecule has 7 N–H and O–H groups in total. The smallest absolute Gasteiger partial charge is 0.311 e. The van der Waals surface area contributed by atoms with Gasteiger partial charge in [0.15, 0.2) is 0 Å². The maximum atomic E-state index is 14.3. The number of esters is 4. The number of hydrogen-bond donors (Lipinski definition) is 6. The molecule has 21 heteroatoms. The largest absolute Gasteiger partial charge is 0.481 e. The fourth-order valence-electron chi connectivity index (χ4n) is 12.9. The molecule has 1 aliphatic heterocycles. The number of aliphatic hydroxyl groups is 1. The summed E-state index contributed by atoms with van der Waals surface area (Å²) >= 11 is 0. The number of primary amides is 1. The SMILES string of the molecule is CCCCCCCCCCCCCCCC(=O)O[C@H](CCCCCCCCCCC)CC(=O)OC[C@H]1OC(OC(=O)C[C@@H](CCCCCCCCCCC)OC(=O)CCCCCCCCCCCCCCC)[C@H](NC(C)=O)[C@H](OC(C)C(=O)N[C@@H](C)C(=O)N[C@H](CCC(=O)O)C(N)=O)[C@@H]1O. The highest BCUT2D eigenvalue weighted by Crippen LogP contribution is 2.29. The summed E-state index contributed by atoms with van der Waals surface area (Å²) in [5, 5.41) is 28.8. The van der Waals surface area contributed by atoms with Crippen LogP contribution in [0.5, 0.6) is 0 Å². The normalized spacial score (nSPS) is 17.5. The third kappa shape index (κ3) is 50.5. The Hall–Kier alpha value is -4.89. The van der Waals surface area contributed by atoms with Gasteiger partial charge in [-0.15, -0.1) is 0 Å². The molecular weight excluding hydrogens is 1280 g/mol. The lowest BCUT2D eigenvalue weighted by molar-refractivity contribution is -0.275. The second kappa shape index (κ2) is 62.7. The molecule has 0 radical (unpaired) electrons. The van der Waals surface area contributed by atoms with Crippen molar-refractivity contribution in [2.45, 2.75) is 443 Å². The molecule has 0 aromatic rings. The van der Waals surface area contributed by atoms with Crippen molar-refractivity contribution in [3.8, 4) is 0 Å². The van der Waals surface area contributed by atoms with Crippen LogP contribution < -0.4 is 21.7 Å². The lowest BCUT2D eigenvalue weighted by Gasteiger charge is -2.44. The van der Waals surface area contributed by atoms with Gasteiger partial charge in [-0.25, -0.2) is 0 Å². The highest BCUT2D eigenvalue weighted by molar-refractivity contribution is 5.92. The minimum Gasteiger partial charge on any atom is -0.481 e. The molecule has 4 amide bonds. The van der Waals surface area contributed by atoms with Crippen LogP contribution in [0, 0.1) is 0 Å². The van der Waals surface area contributed by atoms with Gasteiger partial charge in [-0.3, -0.25) is 43.2 Å². The summed E-state index contributed by atoms with van der Waals surface area (Å²) in [4.78, 5) is 119. The van der Waals surface area contributed by atoms with E-state index in [9.17, 15) is 48.3 Å². The number of rotatable bonds is 68. The fourth-order valence-corrected chi connectivity index (χ4v) is 12.9. The molecular formula is C79H144N4O17. The van der Waals surface area contributed by atoms with E-state index in [-0.39, 0.29) is 32.1 Å². The van der Waals surface area contributed by atoms with Crippen molar-refractivity contribution < 1.29 is 81.8 Å². The minimum atomic E-state index is -1.79. The first-order valence-corrected chi connectivity index (χ1v) is 40.4. The number of carboxylic acid groups (broad SMARTS) is 1. The number of carbonyl (C=O) groups excluding carboxylic acids is 8. The molecule has 1 aliphatic rings. The van der Waals surface area contributed by atoms with E-state index < -0.39 is 128 Å². The van der Waals surface area contributed by atoms with Crippen molar-refractivity contribution in [2.24, 2.45) is 5.73 Å². The molecule has 2 unspecified atom stereocenters. The second-order valence-corrected chi connectivity index (χ2v) is 28.7. The Morgan fingerprint density at radius 2 is 0.810 bits per heavy atom. The van der Waals surface area contributed by atoms with Gasteiger partial charge in [-0.1, -0.05) is 285 Å². The average molecular weight is 1420 g/mol. The molecule has 100 heavy (non-hydrogen) atoms. The van der Waals surface area contributed by atoms with Crippen LogP contribution in [0.4, 0.5) is 0 Å². The summed E-state index contributed by atoms with van der Waals surface area (Å²) in [6, 6.07) is -4.19. The number of aliphatic carboxylic acids is 1. The number of nitrogens with one attached hydrogen (secondary N) is 3. The molecule has 0 saturated carbocycles. The van der Waals surface area contributed by atoms with Gasteiger partial charge < -0.3 is 60.3 Å². The maximum Gasteiger partial charge on any atom is 0.311 e. The molecule has 1 saturated heterocycles.